The maximum Gasteiger partial charge on any atom is 0.308 e. The molecule has 0 radical (unpaired) electrons. The van der Waals surface area contributed by atoms with Gasteiger partial charge in [0, 0.05) is 37.8 Å². The Hall–Kier alpha value is -1.97. The molecule has 8 nitrogen and oxygen atoms in total. The summed E-state index contributed by atoms with van der Waals surface area (Å²) in [4.78, 5) is 37.2. The second kappa shape index (κ2) is 8.81. The average Bonchev–Trinajstić information content (AvgIpc) is 3.25. The van der Waals surface area contributed by atoms with Gasteiger partial charge in [-0.15, -0.1) is 11.3 Å². The van der Waals surface area contributed by atoms with Crippen LogP contribution in [0.5, 0.6) is 0 Å². The number of imidazole rings is 1. The highest BCUT2D eigenvalue weighted by atomic mass is 32.1. The van der Waals surface area contributed by atoms with Crippen LogP contribution in [0.15, 0.2) is 11.6 Å². The Bertz CT molecular complexity index is 871. The highest BCUT2D eigenvalue weighted by Gasteiger charge is 2.29. The van der Waals surface area contributed by atoms with Gasteiger partial charge in [0.25, 0.3) is 5.91 Å². The molecule has 4 rings (SSSR count). The number of fused-ring (bicyclic) bond motifs is 1. The van der Waals surface area contributed by atoms with E-state index in [1.165, 1.54) is 7.11 Å². The van der Waals surface area contributed by atoms with Gasteiger partial charge in [0.1, 0.15) is 0 Å². The number of carbonyl (C=O) groups is 2. The lowest BCUT2D eigenvalue weighted by atomic mass is 9.97. The molecule has 0 aliphatic carbocycles. The third-order valence-corrected chi connectivity index (χ3v) is 6.82. The van der Waals surface area contributed by atoms with Crippen molar-refractivity contribution in [2.45, 2.75) is 25.8 Å². The topological polar surface area (TPSA) is 70.4 Å². The van der Waals surface area contributed by atoms with Gasteiger partial charge in [-0.05, 0) is 45.9 Å². The third kappa shape index (κ3) is 4.31. The standard InChI is InChI=1S/C20H29N5O3S/c1-22-6-3-7-24(11-10-22)18(26)17-16(25-12-13-29-20(25)21-17)14-23-8-4-15(5-9-23)19(27)28-2/h12-13,15H,3-11,14H2,1-2H3. The number of carbonyl (C=O) groups excluding carboxylic acids is 2. The first-order chi connectivity index (χ1) is 14.1. The van der Waals surface area contributed by atoms with Crippen LogP contribution in [0.3, 0.4) is 0 Å². The molecule has 0 aromatic carbocycles. The summed E-state index contributed by atoms with van der Waals surface area (Å²) in [6.45, 7) is 5.73. The molecule has 4 heterocycles. The summed E-state index contributed by atoms with van der Waals surface area (Å²) < 4.78 is 6.94. The van der Waals surface area contributed by atoms with Gasteiger partial charge in [0.05, 0.1) is 18.7 Å². The number of thiazole rings is 1. The molecule has 29 heavy (non-hydrogen) atoms. The molecule has 158 valence electrons. The second-order valence-corrected chi connectivity index (χ2v) is 8.86. The van der Waals surface area contributed by atoms with E-state index in [9.17, 15) is 9.59 Å². The molecule has 0 atom stereocenters. The fourth-order valence-electron chi connectivity index (χ4n) is 4.26. The van der Waals surface area contributed by atoms with Gasteiger partial charge in [0.2, 0.25) is 0 Å². The van der Waals surface area contributed by atoms with Crippen LogP contribution in [-0.4, -0.2) is 89.4 Å². The van der Waals surface area contributed by atoms with Gasteiger partial charge in [-0.1, -0.05) is 0 Å². The molecule has 9 heteroatoms. The highest BCUT2D eigenvalue weighted by molar-refractivity contribution is 7.15. The van der Waals surface area contributed by atoms with Crippen LogP contribution in [0.1, 0.15) is 35.4 Å². The summed E-state index contributed by atoms with van der Waals surface area (Å²) in [6, 6.07) is 0. The van der Waals surface area contributed by atoms with E-state index in [-0.39, 0.29) is 17.8 Å². The van der Waals surface area contributed by atoms with E-state index in [2.05, 4.69) is 16.8 Å². The molecule has 0 saturated carbocycles. The smallest absolute Gasteiger partial charge is 0.308 e. The quantitative estimate of drug-likeness (QED) is 0.701. The van der Waals surface area contributed by atoms with Gasteiger partial charge in [-0.3, -0.25) is 18.9 Å². The number of methoxy groups -OCH3 is 1. The van der Waals surface area contributed by atoms with Crippen LogP contribution in [0.2, 0.25) is 0 Å². The first-order valence-electron chi connectivity index (χ1n) is 10.3. The zero-order chi connectivity index (χ0) is 20.4. The molecule has 2 aliphatic heterocycles. The van der Waals surface area contributed by atoms with Crippen LogP contribution in [0.4, 0.5) is 0 Å². The fraction of sp³-hybridized carbons (Fsp3) is 0.650. The molecule has 0 N–H and O–H groups in total. The number of ether oxygens (including phenoxy) is 1. The van der Waals surface area contributed by atoms with Crippen LogP contribution in [0, 0.1) is 5.92 Å². The van der Waals surface area contributed by atoms with Crippen molar-refractivity contribution >= 4 is 28.2 Å². The molecule has 2 fully saturated rings. The van der Waals surface area contributed by atoms with Crippen molar-refractivity contribution < 1.29 is 14.3 Å². The van der Waals surface area contributed by atoms with Crippen LogP contribution < -0.4 is 0 Å². The maximum atomic E-state index is 13.3. The second-order valence-electron chi connectivity index (χ2n) is 7.99. The van der Waals surface area contributed by atoms with E-state index in [4.69, 9.17) is 9.72 Å². The monoisotopic (exact) mass is 419 g/mol. The lowest BCUT2D eigenvalue weighted by Crippen LogP contribution is -2.38. The van der Waals surface area contributed by atoms with Gasteiger partial charge < -0.3 is 14.5 Å². The molecular weight excluding hydrogens is 390 g/mol. The molecule has 0 unspecified atom stereocenters. The van der Waals surface area contributed by atoms with Crippen LogP contribution in [0.25, 0.3) is 4.96 Å². The Balaban J connectivity index is 1.51. The number of likely N-dealkylation sites (tertiary alicyclic amines) is 1. The minimum atomic E-state index is -0.115. The zero-order valence-electron chi connectivity index (χ0n) is 17.2. The van der Waals surface area contributed by atoms with Crippen molar-refractivity contribution in [2.75, 3.05) is 53.4 Å². The SMILES string of the molecule is COC(=O)C1CCN(Cc2c(C(=O)N3CCCN(C)CC3)nc3sccn23)CC1. The molecular formula is C20H29N5O3S. The highest BCUT2D eigenvalue weighted by Crippen LogP contribution is 2.24. The summed E-state index contributed by atoms with van der Waals surface area (Å²) in [5, 5.41) is 2.00. The predicted octanol–water partition coefficient (Wildman–Crippen LogP) is 1.56. The van der Waals surface area contributed by atoms with Crippen molar-refractivity contribution in [3.8, 4) is 0 Å². The van der Waals surface area contributed by atoms with Crippen molar-refractivity contribution in [3.05, 3.63) is 23.0 Å². The Morgan fingerprint density at radius 3 is 2.72 bits per heavy atom. The number of likely N-dealkylation sites (N-methyl/N-ethyl adjacent to an activating group) is 1. The van der Waals surface area contributed by atoms with E-state index in [1.807, 2.05) is 20.9 Å². The van der Waals surface area contributed by atoms with Crippen LogP contribution in [-0.2, 0) is 16.1 Å². The van der Waals surface area contributed by atoms with E-state index in [0.29, 0.717) is 12.2 Å². The average molecular weight is 420 g/mol. The van der Waals surface area contributed by atoms with E-state index in [0.717, 1.165) is 69.2 Å². The summed E-state index contributed by atoms with van der Waals surface area (Å²) in [5.41, 5.74) is 1.54. The Kier molecular flexibility index (Phi) is 6.17. The summed E-state index contributed by atoms with van der Waals surface area (Å²) >= 11 is 1.55. The lowest BCUT2D eigenvalue weighted by molar-refractivity contribution is -0.147. The molecule has 0 spiro atoms. The van der Waals surface area contributed by atoms with Crippen molar-refractivity contribution in [1.82, 2.24) is 24.1 Å². The Morgan fingerprint density at radius 1 is 1.17 bits per heavy atom. The van der Waals surface area contributed by atoms with Crippen molar-refractivity contribution in [2.24, 2.45) is 5.92 Å². The van der Waals surface area contributed by atoms with Crippen LogP contribution >= 0.6 is 11.3 Å². The predicted molar refractivity (Wildman–Crippen MR) is 111 cm³/mol. The Labute approximate surface area is 175 Å². The molecule has 1 amide bonds. The number of hydrogen-bond acceptors (Lipinski definition) is 7. The van der Waals surface area contributed by atoms with Crippen molar-refractivity contribution in [1.29, 1.82) is 0 Å². The summed E-state index contributed by atoms with van der Waals surface area (Å²) in [5.74, 6) is -0.0927. The third-order valence-electron chi connectivity index (χ3n) is 6.07. The van der Waals surface area contributed by atoms with E-state index < -0.39 is 0 Å². The lowest BCUT2D eigenvalue weighted by Gasteiger charge is -2.30. The maximum absolute atomic E-state index is 13.3. The first-order valence-corrected chi connectivity index (χ1v) is 11.2. The normalized spacial score (nSPS) is 20.1. The van der Waals surface area contributed by atoms with Gasteiger partial charge in [0.15, 0.2) is 10.7 Å². The molecule has 2 aromatic rings. The van der Waals surface area contributed by atoms with E-state index >= 15 is 0 Å². The van der Waals surface area contributed by atoms with Crippen molar-refractivity contribution in [3.63, 3.8) is 0 Å². The number of nitrogens with zero attached hydrogens (tertiary/aromatic N) is 5. The molecule has 0 bridgehead atoms. The number of aromatic nitrogens is 2. The minimum absolute atomic E-state index is 0.0157. The van der Waals surface area contributed by atoms with Gasteiger partial charge in [-0.2, -0.15) is 0 Å². The molecule has 2 saturated heterocycles. The molecule has 2 aromatic heterocycles. The summed E-state index contributed by atoms with van der Waals surface area (Å²) in [6.07, 6.45) is 4.57. The number of piperidine rings is 1. The van der Waals surface area contributed by atoms with E-state index in [1.54, 1.807) is 11.3 Å². The number of esters is 1. The fourth-order valence-corrected chi connectivity index (χ4v) is 4.99. The number of amides is 1. The number of rotatable bonds is 4. The van der Waals surface area contributed by atoms with Gasteiger partial charge >= 0.3 is 5.97 Å². The largest absolute Gasteiger partial charge is 0.469 e. The number of hydrogen-bond donors (Lipinski definition) is 0. The first kappa shape index (κ1) is 20.3. The molecule has 2 aliphatic rings. The summed E-state index contributed by atoms with van der Waals surface area (Å²) in [7, 11) is 3.55. The Morgan fingerprint density at radius 2 is 1.97 bits per heavy atom. The van der Waals surface area contributed by atoms with Gasteiger partial charge in [-0.25, -0.2) is 4.98 Å². The zero-order valence-corrected chi connectivity index (χ0v) is 18.0. The minimum Gasteiger partial charge on any atom is -0.469 e.